The molecule has 1 rings (SSSR count). The van der Waals surface area contributed by atoms with Gasteiger partial charge in [-0.25, -0.2) is 0 Å². The number of rotatable bonds is 2. The van der Waals surface area contributed by atoms with E-state index in [-0.39, 0.29) is 0 Å². The van der Waals surface area contributed by atoms with Crippen molar-refractivity contribution in [2.75, 3.05) is 20.3 Å². The fourth-order valence-electron chi connectivity index (χ4n) is 1.33. The molecule has 0 N–H and O–H groups in total. The molecule has 0 amide bonds. The highest BCUT2D eigenvalue weighted by Gasteiger charge is 2.13. The van der Waals surface area contributed by atoms with E-state index in [0.29, 0.717) is 6.73 Å². The lowest BCUT2D eigenvalue weighted by Crippen LogP contribution is -2.29. The second kappa shape index (κ2) is 4.31. The van der Waals surface area contributed by atoms with Gasteiger partial charge in [-0.15, -0.1) is 0 Å². The molecule has 2 nitrogen and oxygen atoms in total. The third kappa shape index (κ3) is 2.11. The van der Waals surface area contributed by atoms with Crippen LogP contribution in [0.3, 0.4) is 0 Å². The Balaban J connectivity index is 2.76. The summed E-state index contributed by atoms with van der Waals surface area (Å²) < 4.78 is 5.55. The van der Waals surface area contributed by atoms with Gasteiger partial charge in [-0.1, -0.05) is 13.0 Å². The summed E-state index contributed by atoms with van der Waals surface area (Å²) >= 11 is 0. The Kier molecular flexibility index (Phi) is 3.35. The van der Waals surface area contributed by atoms with E-state index in [1.807, 2.05) is 19.1 Å². The molecular formula is C10H17NO. The van der Waals surface area contributed by atoms with Crippen molar-refractivity contribution in [2.45, 2.75) is 20.3 Å². The molecule has 0 saturated heterocycles. The smallest absolute Gasteiger partial charge is 0.142 e. The first-order valence-corrected chi connectivity index (χ1v) is 4.44. The summed E-state index contributed by atoms with van der Waals surface area (Å²) in [6.07, 6.45) is 5.14. The predicted molar refractivity (Wildman–Crippen MR) is 50.7 cm³/mol. The normalized spacial score (nSPS) is 20.2. The highest BCUT2D eigenvalue weighted by Crippen LogP contribution is 2.17. The topological polar surface area (TPSA) is 12.5 Å². The fraction of sp³-hybridized carbons (Fsp3) is 0.600. The Labute approximate surface area is 74.5 Å². The summed E-state index contributed by atoms with van der Waals surface area (Å²) in [5.74, 6) is 1.07. The van der Waals surface area contributed by atoms with Crippen molar-refractivity contribution in [1.29, 1.82) is 0 Å². The van der Waals surface area contributed by atoms with Gasteiger partial charge in [0.1, 0.15) is 12.5 Å². The van der Waals surface area contributed by atoms with Gasteiger partial charge in [-0.2, -0.15) is 0 Å². The van der Waals surface area contributed by atoms with E-state index in [1.54, 1.807) is 0 Å². The van der Waals surface area contributed by atoms with Crippen molar-refractivity contribution >= 4 is 0 Å². The summed E-state index contributed by atoms with van der Waals surface area (Å²) in [5, 5.41) is 0. The molecule has 0 unspecified atom stereocenters. The van der Waals surface area contributed by atoms with Crippen LogP contribution in [0.15, 0.2) is 23.5 Å². The minimum Gasteiger partial charge on any atom is -0.478 e. The highest BCUT2D eigenvalue weighted by molar-refractivity contribution is 5.22. The molecule has 0 bridgehead atoms. The lowest BCUT2D eigenvalue weighted by molar-refractivity contribution is 0.0809. The number of likely N-dealkylation sites (N-methyl/N-ethyl adjacent to an activating group) is 1. The van der Waals surface area contributed by atoms with Crippen LogP contribution < -0.4 is 0 Å². The van der Waals surface area contributed by atoms with E-state index in [9.17, 15) is 0 Å². The second-order valence-electron chi connectivity index (χ2n) is 3.11. The van der Waals surface area contributed by atoms with E-state index < -0.39 is 0 Å². The Morgan fingerprint density at radius 3 is 2.92 bits per heavy atom. The molecule has 68 valence electrons. The molecule has 1 heterocycles. The predicted octanol–water partition coefficient (Wildman–Crippen LogP) is 2.15. The first-order chi connectivity index (χ1) is 5.77. The lowest BCUT2D eigenvalue weighted by Gasteiger charge is -2.26. The Hall–Kier alpha value is -0.760. The quantitative estimate of drug-likeness (QED) is 0.624. The van der Waals surface area contributed by atoms with Gasteiger partial charge in [0.25, 0.3) is 0 Å². The van der Waals surface area contributed by atoms with E-state index >= 15 is 0 Å². The number of hydrogen-bond donors (Lipinski definition) is 0. The monoisotopic (exact) mass is 167 g/mol. The van der Waals surface area contributed by atoms with Crippen molar-refractivity contribution < 1.29 is 4.74 Å². The highest BCUT2D eigenvalue weighted by atomic mass is 16.5. The van der Waals surface area contributed by atoms with Crippen LogP contribution in [0.5, 0.6) is 0 Å². The van der Waals surface area contributed by atoms with Gasteiger partial charge in [0.15, 0.2) is 0 Å². The molecule has 0 saturated carbocycles. The minimum atomic E-state index is 0.711. The maximum atomic E-state index is 5.55. The zero-order valence-corrected chi connectivity index (χ0v) is 8.13. The maximum Gasteiger partial charge on any atom is 0.142 e. The third-order valence-corrected chi connectivity index (χ3v) is 1.99. The van der Waals surface area contributed by atoms with Gasteiger partial charge < -0.3 is 4.74 Å². The van der Waals surface area contributed by atoms with E-state index in [0.717, 1.165) is 18.7 Å². The third-order valence-electron chi connectivity index (χ3n) is 1.99. The van der Waals surface area contributed by atoms with Gasteiger partial charge in [0, 0.05) is 6.54 Å². The molecular weight excluding hydrogens is 150 g/mol. The summed E-state index contributed by atoms with van der Waals surface area (Å²) in [6.45, 7) is 5.93. The second-order valence-corrected chi connectivity index (χ2v) is 3.11. The Morgan fingerprint density at radius 2 is 2.33 bits per heavy atom. The first kappa shape index (κ1) is 9.33. The van der Waals surface area contributed by atoms with Crippen LogP contribution in [0, 0.1) is 0 Å². The fourth-order valence-corrected chi connectivity index (χ4v) is 1.33. The Morgan fingerprint density at radius 1 is 1.58 bits per heavy atom. The zero-order chi connectivity index (χ0) is 8.97. The molecule has 0 aliphatic carbocycles. The van der Waals surface area contributed by atoms with E-state index in [4.69, 9.17) is 4.74 Å². The molecule has 2 heteroatoms. The van der Waals surface area contributed by atoms with E-state index in [1.165, 1.54) is 5.57 Å². The van der Waals surface area contributed by atoms with Crippen LogP contribution in [-0.4, -0.2) is 25.2 Å². The summed E-state index contributed by atoms with van der Waals surface area (Å²) in [5.41, 5.74) is 1.39. The molecule has 1 aliphatic rings. The average Bonchev–Trinajstić information content (AvgIpc) is 2.08. The van der Waals surface area contributed by atoms with Crippen LogP contribution in [0.1, 0.15) is 20.3 Å². The molecule has 0 radical (unpaired) electrons. The maximum absolute atomic E-state index is 5.55. The number of hydrogen-bond acceptors (Lipinski definition) is 2. The zero-order valence-electron chi connectivity index (χ0n) is 8.13. The molecule has 0 fully saturated rings. The van der Waals surface area contributed by atoms with E-state index in [2.05, 4.69) is 18.9 Å². The molecule has 12 heavy (non-hydrogen) atoms. The summed E-state index contributed by atoms with van der Waals surface area (Å²) in [6, 6.07) is 0. The van der Waals surface area contributed by atoms with Crippen molar-refractivity contribution in [3.63, 3.8) is 0 Å². The number of allylic oxidation sites excluding steroid dienone is 2. The van der Waals surface area contributed by atoms with Crippen molar-refractivity contribution in [2.24, 2.45) is 0 Å². The molecule has 0 spiro atoms. The molecule has 0 aromatic rings. The number of ether oxygens (including phenoxy) is 1. The minimum absolute atomic E-state index is 0.711. The van der Waals surface area contributed by atoms with Crippen LogP contribution in [0.2, 0.25) is 0 Å². The van der Waals surface area contributed by atoms with Gasteiger partial charge >= 0.3 is 0 Å². The summed E-state index contributed by atoms with van der Waals surface area (Å²) in [4.78, 5) is 2.17. The van der Waals surface area contributed by atoms with Crippen molar-refractivity contribution in [3.8, 4) is 0 Å². The van der Waals surface area contributed by atoms with Crippen LogP contribution >= 0.6 is 0 Å². The molecule has 0 aromatic carbocycles. The summed E-state index contributed by atoms with van der Waals surface area (Å²) in [7, 11) is 2.07. The average molecular weight is 167 g/mol. The first-order valence-electron chi connectivity index (χ1n) is 4.44. The van der Waals surface area contributed by atoms with Gasteiger partial charge in [-0.3, -0.25) is 4.90 Å². The standard InChI is InChI=1S/C10H17NO/c1-4-6-10-9(5-2)7-11(3)8-12-10/h4,6H,5,7-8H2,1-3H3/b6-4-. The largest absolute Gasteiger partial charge is 0.478 e. The Bertz CT molecular complexity index is 206. The van der Waals surface area contributed by atoms with Crippen molar-refractivity contribution in [3.05, 3.63) is 23.5 Å². The van der Waals surface area contributed by atoms with Crippen LogP contribution in [-0.2, 0) is 4.74 Å². The molecule has 0 aromatic heterocycles. The van der Waals surface area contributed by atoms with Crippen LogP contribution in [0.4, 0.5) is 0 Å². The van der Waals surface area contributed by atoms with Crippen molar-refractivity contribution in [1.82, 2.24) is 4.90 Å². The lowest BCUT2D eigenvalue weighted by atomic mass is 10.1. The molecule has 1 aliphatic heterocycles. The SMILES string of the molecule is C/C=C\C1=C(CC)CN(C)CO1. The van der Waals surface area contributed by atoms with Gasteiger partial charge in [0.2, 0.25) is 0 Å². The van der Waals surface area contributed by atoms with Gasteiger partial charge in [0.05, 0.1) is 0 Å². The van der Waals surface area contributed by atoms with Crippen LogP contribution in [0.25, 0.3) is 0 Å². The molecule has 0 atom stereocenters. The number of nitrogens with zero attached hydrogens (tertiary/aromatic N) is 1. The van der Waals surface area contributed by atoms with Gasteiger partial charge in [-0.05, 0) is 32.0 Å².